The van der Waals surface area contributed by atoms with E-state index < -0.39 is 0 Å². The summed E-state index contributed by atoms with van der Waals surface area (Å²) in [4.78, 5) is 12.9. The summed E-state index contributed by atoms with van der Waals surface area (Å²) in [5, 5.41) is 14.4. The number of rotatable bonds is 10. The summed E-state index contributed by atoms with van der Waals surface area (Å²) in [5.74, 6) is 0.683. The van der Waals surface area contributed by atoms with E-state index in [-0.39, 0.29) is 10.6 Å². The Morgan fingerprint density at radius 3 is 2.56 bits per heavy atom. The van der Waals surface area contributed by atoms with Crippen LogP contribution in [0, 0.1) is 10.1 Å². The quantitative estimate of drug-likeness (QED) is 0.502. The van der Waals surface area contributed by atoms with Crippen LogP contribution in [-0.2, 0) is 19.6 Å². The van der Waals surface area contributed by atoms with E-state index in [0.717, 1.165) is 12.1 Å². The lowest BCUT2D eigenvalue weighted by Gasteiger charge is -2.21. The van der Waals surface area contributed by atoms with E-state index in [2.05, 4.69) is 55.4 Å². The Labute approximate surface area is 161 Å². The second-order valence-corrected chi connectivity index (χ2v) is 6.91. The molecule has 2 rings (SSSR count). The molecule has 27 heavy (non-hydrogen) atoms. The molecule has 2 aromatic carbocycles. The number of hydrogen-bond acceptors (Lipinski definition) is 5. The van der Waals surface area contributed by atoms with Crippen LogP contribution in [0.25, 0.3) is 0 Å². The van der Waals surface area contributed by atoms with Crippen LogP contribution in [0.1, 0.15) is 37.5 Å². The van der Waals surface area contributed by atoms with Gasteiger partial charge in [0, 0.05) is 43.4 Å². The molecule has 146 valence electrons. The molecule has 0 fully saturated rings. The van der Waals surface area contributed by atoms with E-state index in [1.165, 1.54) is 17.2 Å². The van der Waals surface area contributed by atoms with Crippen molar-refractivity contribution in [3.63, 3.8) is 0 Å². The predicted molar refractivity (Wildman–Crippen MR) is 108 cm³/mol. The van der Waals surface area contributed by atoms with Gasteiger partial charge in [-0.25, -0.2) is 0 Å². The van der Waals surface area contributed by atoms with Crippen LogP contribution in [0.3, 0.4) is 0 Å². The Balaban J connectivity index is 2.01. The number of non-ortho nitro benzene ring substituents is 1. The molecular formula is C21H29N3O3. The average molecular weight is 371 g/mol. The van der Waals surface area contributed by atoms with E-state index in [1.54, 1.807) is 12.1 Å². The number of hydrogen-bond donors (Lipinski definition) is 1. The summed E-state index contributed by atoms with van der Waals surface area (Å²) in [5.41, 5.74) is 3.33. The van der Waals surface area contributed by atoms with Crippen molar-refractivity contribution in [1.82, 2.24) is 10.2 Å². The first kappa shape index (κ1) is 20.9. The monoisotopic (exact) mass is 371 g/mol. The normalized spacial score (nSPS) is 11.2. The van der Waals surface area contributed by atoms with Gasteiger partial charge in [-0.05, 0) is 45.0 Å². The molecule has 0 aliphatic heterocycles. The number of nitrogens with zero attached hydrogens (tertiary/aromatic N) is 2. The van der Waals surface area contributed by atoms with Crippen molar-refractivity contribution >= 4 is 5.69 Å². The Bertz CT molecular complexity index is 762. The smallest absolute Gasteiger partial charge is 0.270 e. The van der Waals surface area contributed by atoms with Gasteiger partial charge in [0.1, 0.15) is 5.75 Å². The molecule has 0 heterocycles. The molecule has 0 bridgehead atoms. The Kier molecular flexibility index (Phi) is 7.76. The lowest BCUT2D eigenvalue weighted by Crippen LogP contribution is -2.25. The molecule has 0 saturated heterocycles. The van der Waals surface area contributed by atoms with Crippen LogP contribution in [-0.4, -0.2) is 29.5 Å². The maximum atomic E-state index is 11.0. The van der Waals surface area contributed by atoms with Crippen LogP contribution < -0.4 is 10.1 Å². The zero-order chi connectivity index (χ0) is 19.8. The Morgan fingerprint density at radius 1 is 1.15 bits per heavy atom. The zero-order valence-corrected chi connectivity index (χ0v) is 16.6. The minimum atomic E-state index is -0.381. The molecular weight excluding hydrogens is 342 g/mol. The fourth-order valence-electron chi connectivity index (χ4n) is 2.76. The lowest BCUT2D eigenvalue weighted by atomic mass is 10.1. The first-order valence-electron chi connectivity index (χ1n) is 9.29. The van der Waals surface area contributed by atoms with Gasteiger partial charge < -0.3 is 10.1 Å². The minimum Gasteiger partial charge on any atom is -0.494 e. The van der Waals surface area contributed by atoms with Crippen molar-refractivity contribution in [3.05, 3.63) is 69.3 Å². The number of nitro benzene ring substituents is 1. The van der Waals surface area contributed by atoms with E-state index in [1.807, 2.05) is 6.92 Å². The number of nitrogens with one attached hydrogen (secondary N) is 1. The van der Waals surface area contributed by atoms with Crippen molar-refractivity contribution in [2.75, 3.05) is 13.7 Å². The Hall–Kier alpha value is -2.44. The first-order valence-corrected chi connectivity index (χ1v) is 9.29. The van der Waals surface area contributed by atoms with E-state index in [9.17, 15) is 10.1 Å². The van der Waals surface area contributed by atoms with E-state index in [0.29, 0.717) is 31.5 Å². The maximum absolute atomic E-state index is 11.0. The molecule has 6 heteroatoms. The van der Waals surface area contributed by atoms with Crippen LogP contribution >= 0.6 is 0 Å². The molecule has 0 spiro atoms. The topological polar surface area (TPSA) is 67.6 Å². The minimum absolute atomic E-state index is 0.0778. The van der Waals surface area contributed by atoms with Crippen molar-refractivity contribution in [2.45, 2.75) is 46.4 Å². The summed E-state index contributed by atoms with van der Waals surface area (Å²) in [7, 11) is 2.12. The van der Waals surface area contributed by atoms with Crippen LogP contribution in [0.4, 0.5) is 5.69 Å². The van der Waals surface area contributed by atoms with E-state index >= 15 is 0 Å². The van der Waals surface area contributed by atoms with E-state index in [4.69, 9.17) is 4.74 Å². The lowest BCUT2D eigenvalue weighted by molar-refractivity contribution is -0.384. The fourth-order valence-corrected chi connectivity index (χ4v) is 2.76. The van der Waals surface area contributed by atoms with Gasteiger partial charge in [-0.15, -0.1) is 0 Å². The van der Waals surface area contributed by atoms with Crippen molar-refractivity contribution in [1.29, 1.82) is 0 Å². The van der Waals surface area contributed by atoms with Crippen LogP contribution in [0.5, 0.6) is 5.75 Å². The predicted octanol–water partition coefficient (Wildman–Crippen LogP) is 4.12. The molecule has 0 aliphatic rings. The zero-order valence-electron chi connectivity index (χ0n) is 16.6. The third-order valence-electron chi connectivity index (χ3n) is 4.50. The SMILES string of the molecule is CCOc1ccc([N+](=O)[O-])cc1CNCc1cccc(CN(C)C(C)C)c1. The summed E-state index contributed by atoms with van der Waals surface area (Å²) in [6, 6.07) is 13.7. The summed E-state index contributed by atoms with van der Waals surface area (Å²) in [6.07, 6.45) is 0. The number of nitro groups is 1. The highest BCUT2D eigenvalue weighted by Crippen LogP contribution is 2.24. The molecule has 6 nitrogen and oxygen atoms in total. The molecule has 0 radical (unpaired) electrons. The molecule has 0 aromatic heterocycles. The van der Waals surface area contributed by atoms with Crippen LogP contribution in [0.15, 0.2) is 42.5 Å². The van der Waals surface area contributed by atoms with Crippen molar-refractivity contribution in [3.8, 4) is 5.75 Å². The maximum Gasteiger partial charge on any atom is 0.270 e. The standard InChI is InChI=1S/C21H29N3O3/c1-5-27-21-10-9-20(24(25)26)12-19(21)14-22-13-17-7-6-8-18(11-17)15-23(4)16(2)3/h6-12,16,22H,5,13-15H2,1-4H3. The van der Waals surface area contributed by atoms with Gasteiger partial charge in [-0.2, -0.15) is 0 Å². The second kappa shape index (κ2) is 10.0. The number of ether oxygens (including phenoxy) is 1. The average Bonchev–Trinajstić information content (AvgIpc) is 2.63. The Morgan fingerprint density at radius 2 is 1.89 bits per heavy atom. The molecule has 0 atom stereocenters. The van der Waals surface area contributed by atoms with Gasteiger partial charge in [-0.3, -0.25) is 15.0 Å². The van der Waals surface area contributed by atoms with Gasteiger partial charge in [-0.1, -0.05) is 24.3 Å². The fraction of sp³-hybridized carbons (Fsp3) is 0.429. The number of benzene rings is 2. The van der Waals surface area contributed by atoms with Gasteiger partial charge >= 0.3 is 0 Å². The third-order valence-corrected chi connectivity index (χ3v) is 4.50. The van der Waals surface area contributed by atoms with Gasteiger partial charge in [0.2, 0.25) is 0 Å². The van der Waals surface area contributed by atoms with Gasteiger partial charge in [0.05, 0.1) is 11.5 Å². The summed E-state index contributed by atoms with van der Waals surface area (Å²) >= 11 is 0. The van der Waals surface area contributed by atoms with Crippen molar-refractivity contribution in [2.24, 2.45) is 0 Å². The van der Waals surface area contributed by atoms with Gasteiger partial charge in [0.25, 0.3) is 5.69 Å². The second-order valence-electron chi connectivity index (χ2n) is 6.91. The molecule has 0 saturated carbocycles. The molecule has 0 amide bonds. The molecule has 0 unspecified atom stereocenters. The molecule has 0 aliphatic carbocycles. The molecule has 2 aromatic rings. The summed E-state index contributed by atoms with van der Waals surface area (Å²) in [6.45, 7) is 8.89. The molecule has 1 N–H and O–H groups in total. The third kappa shape index (κ3) is 6.34. The van der Waals surface area contributed by atoms with Crippen LogP contribution in [0.2, 0.25) is 0 Å². The largest absolute Gasteiger partial charge is 0.494 e. The van der Waals surface area contributed by atoms with Crippen molar-refractivity contribution < 1.29 is 9.66 Å². The highest BCUT2D eigenvalue weighted by atomic mass is 16.6. The highest BCUT2D eigenvalue weighted by Gasteiger charge is 2.11. The van der Waals surface area contributed by atoms with Gasteiger partial charge in [0.15, 0.2) is 0 Å². The highest BCUT2D eigenvalue weighted by molar-refractivity contribution is 5.43. The first-order chi connectivity index (χ1) is 12.9. The summed E-state index contributed by atoms with van der Waals surface area (Å²) < 4.78 is 5.59.